The number of para-hydroxylation sites is 4. The summed E-state index contributed by atoms with van der Waals surface area (Å²) in [5.41, 5.74) is 23.5. The van der Waals surface area contributed by atoms with Gasteiger partial charge in [-0.1, -0.05) is 355 Å². The third-order valence-electron chi connectivity index (χ3n) is 31.9. The van der Waals surface area contributed by atoms with E-state index in [1.807, 2.05) is 36.4 Å². The van der Waals surface area contributed by atoms with E-state index in [2.05, 4.69) is 381 Å². The minimum Gasteiger partial charge on any atom is -0.493 e. The third kappa shape index (κ3) is 16.6. The summed E-state index contributed by atoms with van der Waals surface area (Å²) in [7, 11) is 0. The molecule has 0 aliphatic heterocycles. The maximum atomic E-state index is 6.77. The Morgan fingerprint density at radius 3 is 1.32 bits per heavy atom. The molecule has 25 aromatic rings. The Bertz CT molecular complexity index is 8890. The van der Waals surface area contributed by atoms with E-state index in [-0.39, 0.29) is 36.5 Å². The second kappa shape index (κ2) is 39.0. The van der Waals surface area contributed by atoms with Crippen LogP contribution in [0.4, 0.5) is 0 Å². The van der Waals surface area contributed by atoms with Gasteiger partial charge in [-0.25, -0.2) is 15.0 Å². The summed E-state index contributed by atoms with van der Waals surface area (Å²) >= 11 is 0. The average molecular weight is 2110 g/mol. The van der Waals surface area contributed by atoms with Crippen LogP contribution >= 0.6 is 0 Å². The number of ether oxygens (including phenoxy) is 2. The monoisotopic (exact) mass is 2100 g/mol. The van der Waals surface area contributed by atoms with E-state index in [4.69, 9.17) is 33.3 Å². The van der Waals surface area contributed by atoms with Crippen molar-refractivity contribution in [2.45, 2.75) is 137 Å². The van der Waals surface area contributed by atoms with Gasteiger partial charge >= 0.3 is 31.1 Å². The number of aromatic amines is 1. The van der Waals surface area contributed by atoms with Crippen LogP contribution in [0.2, 0.25) is 0 Å². The van der Waals surface area contributed by atoms with Crippen molar-refractivity contribution in [1.82, 2.24) is 19.9 Å². The van der Waals surface area contributed by atoms with Crippen LogP contribution in [0.1, 0.15) is 149 Å². The van der Waals surface area contributed by atoms with E-state index in [0.29, 0.717) is 29.5 Å². The molecule has 706 valence electrons. The number of benzene rings is 22. The molecule has 22 aromatic carbocycles. The van der Waals surface area contributed by atoms with Gasteiger partial charge in [-0.15, -0.1) is 41.1 Å². The van der Waals surface area contributed by atoms with Gasteiger partial charge in [-0.3, -0.25) is 0 Å². The first-order chi connectivity index (χ1) is 70.9. The van der Waals surface area contributed by atoms with Crippen molar-refractivity contribution < 1.29 is 49.4 Å². The van der Waals surface area contributed by atoms with Crippen LogP contribution in [-0.4, -0.2) is 33.1 Å². The van der Waals surface area contributed by atoms with Gasteiger partial charge in [0.05, 0.1) is 29.8 Å². The van der Waals surface area contributed by atoms with E-state index >= 15 is 0 Å². The molecule has 0 spiro atoms. The molecule has 1 N–H and O–H groups in total. The third-order valence-corrected chi connectivity index (χ3v) is 31.9. The molecule has 145 heavy (non-hydrogen) atoms. The maximum absolute atomic E-state index is 6.77. The van der Waals surface area contributed by atoms with Gasteiger partial charge in [0.2, 0.25) is 11.8 Å². The maximum Gasteiger partial charge on any atom is 2.00 e. The van der Waals surface area contributed by atoms with Crippen LogP contribution in [0.5, 0.6) is 11.5 Å². The van der Waals surface area contributed by atoms with E-state index in [9.17, 15) is 0 Å². The van der Waals surface area contributed by atoms with Crippen molar-refractivity contribution in [2.75, 3.05) is 13.2 Å². The van der Waals surface area contributed by atoms with Crippen molar-refractivity contribution in [3.8, 4) is 101 Å². The molecular weight excluding hydrogens is 1990 g/mol. The normalized spacial score (nSPS) is 13.9. The van der Waals surface area contributed by atoms with Gasteiger partial charge in [0.15, 0.2) is 5.58 Å². The summed E-state index contributed by atoms with van der Waals surface area (Å²) in [6.07, 6.45) is 20.2. The number of unbranched alkanes of at least 4 members (excludes halogenated alkanes) is 3. The van der Waals surface area contributed by atoms with Crippen molar-refractivity contribution in [1.29, 1.82) is 0 Å². The summed E-state index contributed by atoms with van der Waals surface area (Å²) in [5.74, 6) is 5.72. The molecule has 8 nitrogen and oxygen atoms in total. The van der Waals surface area contributed by atoms with E-state index in [0.717, 1.165) is 172 Å². The molecule has 4 unspecified atom stereocenters. The summed E-state index contributed by atoms with van der Waals surface area (Å²) in [6, 6.07) is 131. The Kier molecular flexibility index (Phi) is 24.9. The number of oxazole rings is 2. The van der Waals surface area contributed by atoms with E-state index in [1.54, 1.807) is 0 Å². The van der Waals surface area contributed by atoms with Crippen LogP contribution in [0.15, 0.2) is 355 Å². The van der Waals surface area contributed by atoms with Gasteiger partial charge in [0.25, 0.3) is 0 Å². The van der Waals surface area contributed by atoms with Crippen molar-refractivity contribution >= 4 is 158 Å². The molecule has 0 bridgehead atoms. The first-order valence-electron chi connectivity index (χ1n) is 52.4. The number of hydrogen-bond donors (Lipinski definition) is 1. The first kappa shape index (κ1) is 92.6. The quantitative estimate of drug-likeness (QED) is 0.0368. The minimum atomic E-state index is -0.302. The number of fused-ring (bicyclic) bond motifs is 6. The van der Waals surface area contributed by atoms with Crippen LogP contribution in [0.3, 0.4) is 0 Å². The molecule has 26 rings (SSSR count). The molecule has 3 heterocycles. The molecule has 0 fully saturated rings. The molecule has 3 aromatic heterocycles. The Hall–Kier alpha value is -14.8. The number of rotatable bonds is 29. The zero-order chi connectivity index (χ0) is 96.8. The standard InChI is InChI=1S/C71H65O2.C65H49N4O2.U/c1-6-10-13-44(8-3)42-72-63-35-26-50-21-30-58-56(28-19-48-23-32-60(63)68(50)66(48)58)53-39-54(41-55(40-53)71(5)38-37-52-18-17-46-15-12-16-47-25-34-62(71)70(52)65(46)47)57-29-20-49-24-33-61-64(73-43-45(9-4)14-11-7-2)36-27-51-22-31-59(57)67(49)69(51)61;1-3-5-16-40(4-2)35-41-27-34-60-62(36-41)71-65(69-60)56-33-30-47(50-19-8-11-22-53(50)56)44-38-42(45-28-31-54(51-20-9-6-17-48(45)51)63-66-57-23-12-13-24-58(57)67-63)37-43(39-44)46-29-32-55(52-21-10-7-18-49(46)52)64-68-59-25-14-15-26-61(59)70-64;/h12,16-37,39-41,44-45H,6-11,13-14,38,42-43H2,1-5H3;6-15,17-40H,3-5,16H2,1-2H3,(H,66,67);/q2*-1;+2. The van der Waals surface area contributed by atoms with Gasteiger partial charge in [0, 0.05) is 43.7 Å². The number of nitrogens with zero attached hydrogens (tertiary/aromatic N) is 3. The number of imidazole rings is 1. The van der Waals surface area contributed by atoms with Crippen LogP contribution < -0.4 is 14.7 Å². The van der Waals surface area contributed by atoms with Crippen LogP contribution in [0, 0.1) is 61.4 Å². The molecule has 1 aliphatic rings. The van der Waals surface area contributed by atoms with Crippen LogP contribution in [-0.2, 0) is 5.41 Å². The summed E-state index contributed by atoms with van der Waals surface area (Å²) in [4.78, 5) is 18.6. The smallest absolute Gasteiger partial charge is 0.493 e. The average Bonchev–Trinajstić information content (AvgIpc) is 1.71. The van der Waals surface area contributed by atoms with Gasteiger partial charge in [-0.2, -0.15) is 18.1 Å². The minimum absolute atomic E-state index is 0. The summed E-state index contributed by atoms with van der Waals surface area (Å²) in [5, 5.41) is 28.3. The predicted molar refractivity (Wildman–Crippen MR) is 606 cm³/mol. The number of hydrogen-bond acceptors (Lipinski definition) is 7. The zero-order valence-corrected chi connectivity index (χ0v) is 87.5. The van der Waals surface area contributed by atoms with Crippen LogP contribution in [0.25, 0.3) is 248 Å². The van der Waals surface area contributed by atoms with E-state index in [1.165, 1.54) is 188 Å². The predicted octanol–water partition coefficient (Wildman–Crippen LogP) is 37.4. The largest absolute Gasteiger partial charge is 2.00 e. The van der Waals surface area contributed by atoms with Crippen molar-refractivity contribution in [2.24, 2.45) is 17.8 Å². The Labute approximate surface area is 870 Å². The van der Waals surface area contributed by atoms with Gasteiger partial charge in [0.1, 0.15) is 28.4 Å². The number of aromatic nitrogens is 4. The topological polar surface area (TPSA) is 99.2 Å². The SMILES string of the molecule is CCCCC(CC)COc1ccc2ccc3c(-c4cc(-c5ccc6ccc7c(OCC(CC)CCCC)ccc8ccc5c6c87)cc(C5(C)CC=c6ccc7[c-]ccc8ccc5c6c78)c4)ccc4ccc1c2c43.CCCCC([CH-]c1ccc2nc(-c3ccc(-c4cc(-c5ccc(-c6nc7ccccc7[nH]6)c6ccccc56)cc(-c5ccc(-c6nc7ccccc7o6)c6ccccc56)c4)c4ccccc34)oc2c1)CC.[U+2]. The molecule has 4 atom stereocenters. The Morgan fingerprint density at radius 2 is 0.786 bits per heavy atom. The molecule has 0 saturated carbocycles. The first-order valence-corrected chi connectivity index (χ1v) is 52.4. The molecular formula is C136H114N4O4U. The van der Waals surface area contributed by atoms with E-state index < -0.39 is 0 Å². The fraction of sp³-hybridized carbons (Fsp3) is 0.191. The Morgan fingerprint density at radius 1 is 0.359 bits per heavy atom. The molecule has 1 aliphatic carbocycles. The number of H-pyrrole nitrogens is 1. The van der Waals surface area contributed by atoms with Gasteiger partial charge < -0.3 is 23.3 Å². The second-order valence-corrected chi connectivity index (χ2v) is 40.6. The van der Waals surface area contributed by atoms with Crippen molar-refractivity contribution in [3.05, 3.63) is 380 Å². The van der Waals surface area contributed by atoms with Gasteiger partial charge in [-0.05, 0) is 275 Å². The molecule has 0 saturated heterocycles. The summed E-state index contributed by atoms with van der Waals surface area (Å²) in [6.45, 7) is 17.7. The second-order valence-electron chi connectivity index (χ2n) is 40.6. The summed E-state index contributed by atoms with van der Waals surface area (Å²) < 4.78 is 26.5. The Balaban J connectivity index is 0.000000155. The molecule has 9 heteroatoms. The molecule has 0 radical (unpaired) electrons. The fourth-order valence-electron chi connectivity index (χ4n) is 23.8. The number of nitrogens with one attached hydrogen (secondary N) is 1. The van der Waals surface area contributed by atoms with Crippen molar-refractivity contribution in [3.63, 3.8) is 0 Å². The zero-order valence-electron chi connectivity index (χ0n) is 83.4. The molecule has 0 amide bonds. The fourth-order valence-corrected chi connectivity index (χ4v) is 23.8.